The molecule has 1 N–H and O–H groups in total. The second-order valence-corrected chi connectivity index (χ2v) is 6.21. The van der Waals surface area contributed by atoms with Crippen molar-refractivity contribution in [3.63, 3.8) is 0 Å². The second kappa shape index (κ2) is 5.51. The monoisotopic (exact) mass is 286 g/mol. The number of benzene rings is 1. The fourth-order valence-electron chi connectivity index (χ4n) is 3.64. The molecule has 1 aliphatic heterocycles. The van der Waals surface area contributed by atoms with Crippen LogP contribution in [-0.2, 0) is 16.0 Å². The Morgan fingerprint density at radius 2 is 1.81 bits per heavy atom. The van der Waals surface area contributed by atoms with Crippen molar-refractivity contribution in [2.24, 2.45) is 0 Å². The van der Waals surface area contributed by atoms with Crippen LogP contribution in [0.25, 0.3) is 0 Å². The van der Waals surface area contributed by atoms with Crippen molar-refractivity contribution in [3.05, 3.63) is 35.9 Å². The van der Waals surface area contributed by atoms with E-state index in [0.29, 0.717) is 6.42 Å². The standard InChI is InChI=1S/C17H22N2O2/c1-19-15(20)14(12-13-8-4-2-5-9-13)18-16(21)17(19)10-6-3-7-11-17/h2,4-5,8-9,14H,3,6-7,10-12H2,1H3,(H,18,21). The lowest BCUT2D eigenvalue weighted by Crippen LogP contribution is -2.70. The van der Waals surface area contributed by atoms with E-state index in [-0.39, 0.29) is 11.8 Å². The molecule has 0 bridgehead atoms. The van der Waals surface area contributed by atoms with Crippen molar-refractivity contribution < 1.29 is 9.59 Å². The largest absolute Gasteiger partial charge is 0.342 e. The molecule has 4 nitrogen and oxygen atoms in total. The number of amides is 2. The van der Waals surface area contributed by atoms with Crippen LogP contribution in [0.4, 0.5) is 0 Å². The van der Waals surface area contributed by atoms with E-state index in [0.717, 1.165) is 37.7 Å². The molecular formula is C17H22N2O2. The Morgan fingerprint density at radius 3 is 2.48 bits per heavy atom. The summed E-state index contributed by atoms with van der Waals surface area (Å²) in [6.45, 7) is 0. The fourth-order valence-corrected chi connectivity index (χ4v) is 3.64. The van der Waals surface area contributed by atoms with Crippen LogP contribution in [0.1, 0.15) is 37.7 Å². The van der Waals surface area contributed by atoms with Crippen LogP contribution in [0.5, 0.6) is 0 Å². The molecule has 1 saturated heterocycles. The van der Waals surface area contributed by atoms with Crippen LogP contribution < -0.4 is 5.32 Å². The number of hydrogen-bond donors (Lipinski definition) is 1. The van der Waals surface area contributed by atoms with E-state index in [1.54, 1.807) is 11.9 Å². The molecule has 112 valence electrons. The molecule has 3 rings (SSSR count). The van der Waals surface area contributed by atoms with E-state index >= 15 is 0 Å². The lowest BCUT2D eigenvalue weighted by molar-refractivity contribution is -0.157. The summed E-state index contributed by atoms with van der Waals surface area (Å²) >= 11 is 0. The number of rotatable bonds is 2. The molecule has 1 heterocycles. The number of carbonyl (C=O) groups is 2. The number of likely N-dealkylation sites (N-methyl/N-ethyl adjacent to an activating group) is 1. The van der Waals surface area contributed by atoms with Crippen molar-refractivity contribution >= 4 is 11.8 Å². The highest BCUT2D eigenvalue weighted by Crippen LogP contribution is 2.35. The minimum Gasteiger partial charge on any atom is -0.342 e. The predicted molar refractivity (Wildman–Crippen MR) is 80.7 cm³/mol. The van der Waals surface area contributed by atoms with Crippen LogP contribution in [0.3, 0.4) is 0 Å². The van der Waals surface area contributed by atoms with E-state index < -0.39 is 11.6 Å². The third-order valence-electron chi connectivity index (χ3n) is 4.96. The van der Waals surface area contributed by atoms with Gasteiger partial charge < -0.3 is 10.2 Å². The smallest absolute Gasteiger partial charge is 0.246 e. The zero-order valence-electron chi connectivity index (χ0n) is 12.5. The quantitative estimate of drug-likeness (QED) is 0.902. The van der Waals surface area contributed by atoms with E-state index in [1.807, 2.05) is 30.3 Å². The van der Waals surface area contributed by atoms with Gasteiger partial charge in [-0.2, -0.15) is 0 Å². The summed E-state index contributed by atoms with van der Waals surface area (Å²) in [6, 6.07) is 9.41. The summed E-state index contributed by atoms with van der Waals surface area (Å²) in [5, 5.41) is 2.98. The molecule has 1 aromatic rings. The van der Waals surface area contributed by atoms with Gasteiger partial charge in [-0.25, -0.2) is 0 Å². The summed E-state index contributed by atoms with van der Waals surface area (Å²) in [7, 11) is 1.80. The van der Waals surface area contributed by atoms with Crippen LogP contribution in [-0.4, -0.2) is 35.3 Å². The minimum atomic E-state index is -0.595. The summed E-state index contributed by atoms with van der Waals surface area (Å²) < 4.78 is 0. The molecule has 1 aromatic carbocycles. The Bertz CT molecular complexity index is 535. The third-order valence-corrected chi connectivity index (χ3v) is 4.96. The first kappa shape index (κ1) is 14.1. The molecule has 1 saturated carbocycles. The molecule has 0 aromatic heterocycles. The molecule has 1 aliphatic carbocycles. The number of hydrogen-bond acceptors (Lipinski definition) is 2. The Hall–Kier alpha value is -1.84. The third kappa shape index (κ3) is 2.43. The van der Waals surface area contributed by atoms with Gasteiger partial charge in [0, 0.05) is 13.5 Å². The zero-order chi connectivity index (χ0) is 14.9. The van der Waals surface area contributed by atoms with Crippen LogP contribution in [0.15, 0.2) is 30.3 Å². The van der Waals surface area contributed by atoms with Gasteiger partial charge in [-0.05, 0) is 18.4 Å². The summed E-state index contributed by atoms with van der Waals surface area (Å²) in [6.07, 6.45) is 5.34. The summed E-state index contributed by atoms with van der Waals surface area (Å²) in [4.78, 5) is 27.0. The topological polar surface area (TPSA) is 49.4 Å². The average molecular weight is 286 g/mol. The van der Waals surface area contributed by atoms with Gasteiger partial charge in [0.15, 0.2) is 0 Å². The van der Waals surface area contributed by atoms with Crippen molar-refractivity contribution in [3.8, 4) is 0 Å². The first-order chi connectivity index (χ1) is 10.1. The van der Waals surface area contributed by atoms with Crippen LogP contribution in [0.2, 0.25) is 0 Å². The molecule has 4 heteroatoms. The number of nitrogens with one attached hydrogen (secondary N) is 1. The number of carbonyl (C=O) groups excluding carboxylic acids is 2. The first-order valence-electron chi connectivity index (χ1n) is 7.76. The van der Waals surface area contributed by atoms with Crippen LogP contribution >= 0.6 is 0 Å². The SMILES string of the molecule is CN1C(=O)C(Cc2ccccc2)NC(=O)C12CCCCC2. The average Bonchev–Trinajstić information content (AvgIpc) is 2.53. The molecule has 0 radical (unpaired) electrons. The predicted octanol–water partition coefficient (Wildman–Crippen LogP) is 1.89. The Labute approximate surface area is 125 Å². The van der Waals surface area contributed by atoms with Crippen molar-refractivity contribution in [2.75, 3.05) is 7.05 Å². The maximum absolute atomic E-state index is 12.7. The van der Waals surface area contributed by atoms with Gasteiger partial charge in [-0.3, -0.25) is 9.59 Å². The fraction of sp³-hybridized carbons (Fsp3) is 0.529. The Kier molecular flexibility index (Phi) is 3.70. The molecule has 21 heavy (non-hydrogen) atoms. The zero-order valence-corrected chi connectivity index (χ0v) is 12.5. The van der Waals surface area contributed by atoms with Gasteiger partial charge in [-0.1, -0.05) is 49.6 Å². The molecule has 2 fully saturated rings. The second-order valence-electron chi connectivity index (χ2n) is 6.21. The van der Waals surface area contributed by atoms with Gasteiger partial charge in [-0.15, -0.1) is 0 Å². The summed E-state index contributed by atoms with van der Waals surface area (Å²) in [5.74, 6) is 0.0746. The van der Waals surface area contributed by atoms with Crippen LogP contribution in [0, 0.1) is 0 Å². The maximum Gasteiger partial charge on any atom is 0.246 e. The number of nitrogens with zero attached hydrogens (tertiary/aromatic N) is 1. The highest BCUT2D eigenvalue weighted by Gasteiger charge is 2.50. The van der Waals surface area contributed by atoms with E-state index in [2.05, 4.69) is 5.32 Å². The van der Waals surface area contributed by atoms with E-state index in [9.17, 15) is 9.59 Å². The van der Waals surface area contributed by atoms with Gasteiger partial charge >= 0.3 is 0 Å². The molecule has 1 spiro atoms. The van der Waals surface area contributed by atoms with Gasteiger partial charge in [0.25, 0.3) is 0 Å². The van der Waals surface area contributed by atoms with Gasteiger partial charge in [0.1, 0.15) is 11.6 Å². The maximum atomic E-state index is 12.7. The van der Waals surface area contributed by atoms with E-state index in [4.69, 9.17) is 0 Å². The van der Waals surface area contributed by atoms with Crippen molar-refractivity contribution in [2.45, 2.75) is 50.1 Å². The highest BCUT2D eigenvalue weighted by molar-refractivity contribution is 5.99. The van der Waals surface area contributed by atoms with Gasteiger partial charge in [0.05, 0.1) is 0 Å². The number of piperazine rings is 1. The molecular weight excluding hydrogens is 264 g/mol. The van der Waals surface area contributed by atoms with Crippen molar-refractivity contribution in [1.82, 2.24) is 10.2 Å². The summed E-state index contributed by atoms with van der Waals surface area (Å²) in [5.41, 5.74) is 0.479. The van der Waals surface area contributed by atoms with Crippen molar-refractivity contribution in [1.29, 1.82) is 0 Å². The lowest BCUT2D eigenvalue weighted by Gasteiger charge is -2.48. The normalized spacial score (nSPS) is 25.0. The molecule has 1 unspecified atom stereocenters. The van der Waals surface area contributed by atoms with Gasteiger partial charge in [0.2, 0.25) is 11.8 Å². The highest BCUT2D eigenvalue weighted by atomic mass is 16.2. The van der Waals surface area contributed by atoms with E-state index in [1.165, 1.54) is 0 Å². The Morgan fingerprint density at radius 1 is 1.14 bits per heavy atom. The molecule has 2 aliphatic rings. The Balaban J connectivity index is 1.79. The molecule has 1 atom stereocenters. The molecule has 2 amide bonds. The lowest BCUT2D eigenvalue weighted by atomic mass is 9.77. The first-order valence-corrected chi connectivity index (χ1v) is 7.76. The minimum absolute atomic E-state index is 0.0326.